The molecule has 2 aromatic rings. The first-order valence-corrected chi connectivity index (χ1v) is 7.21. The van der Waals surface area contributed by atoms with E-state index in [0.717, 1.165) is 17.3 Å². The van der Waals surface area contributed by atoms with Crippen LogP contribution >= 0.6 is 24.0 Å². The number of rotatable bonds is 3. The van der Waals surface area contributed by atoms with Crippen LogP contribution in [0.3, 0.4) is 0 Å². The van der Waals surface area contributed by atoms with Crippen LogP contribution in [-0.2, 0) is 5.75 Å². The molecule has 0 heterocycles. The van der Waals surface area contributed by atoms with Gasteiger partial charge in [-0.05, 0) is 17.8 Å². The monoisotopic (exact) mass is 350 g/mol. The van der Waals surface area contributed by atoms with Crippen LogP contribution in [0.2, 0.25) is 0 Å². The van der Waals surface area contributed by atoms with Crippen LogP contribution in [0.5, 0.6) is 5.75 Å². The molecule has 116 valence electrons. The van der Waals surface area contributed by atoms with Crippen molar-refractivity contribution in [1.82, 2.24) is 0 Å². The Hall–Kier alpha value is -1.67. The molecule has 0 aromatic heterocycles. The molecule has 0 fully saturated rings. The number of thiocarbonyl (C=S) groups is 1. The molecule has 0 atom stereocenters. The van der Waals surface area contributed by atoms with E-state index >= 15 is 0 Å². The van der Waals surface area contributed by atoms with Crippen molar-refractivity contribution in [2.45, 2.75) is 5.75 Å². The van der Waals surface area contributed by atoms with Gasteiger partial charge in [0.1, 0.15) is 0 Å². The standard InChI is InChI=1S/C14H7F5OS2/c15-8-9(16)11(18)13(12(19)10(8)17)20-14(21)22-6-7-4-2-1-3-5-7/h1-5H,6H2. The van der Waals surface area contributed by atoms with Gasteiger partial charge >= 0.3 is 0 Å². The smallest absolute Gasteiger partial charge is 0.226 e. The lowest BCUT2D eigenvalue weighted by molar-refractivity contribution is 0.348. The summed E-state index contributed by atoms with van der Waals surface area (Å²) in [5.74, 6) is -11.6. The quantitative estimate of drug-likeness (QED) is 0.334. The third-order valence-corrected chi connectivity index (χ3v) is 3.79. The Balaban J connectivity index is 2.12. The van der Waals surface area contributed by atoms with Gasteiger partial charge in [-0.15, -0.1) is 0 Å². The normalized spacial score (nSPS) is 10.6. The van der Waals surface area contributed by atoms with Gasteiger partial charge in [0.05, 0.1) is 0 Å². The fraction of sp³-hybridized carbons (Fsp3) is 0.0714. The second kappa shape index (κ2) is 7.06. The summed E-state index contributed by atoms with van der Waals surface area (Å²) in [5, 5.41) is 0. The fourth-order valence-electron chi connectivity index (χ4n) is 1.50. The van der Waals surface area contributed by atoms with E-state index in [2.05, 4.69) is 4.74 Å². The highest BCUT2D eigenvalue weighted by molar-refractivity contribution is 8.22. The topological polar surface area (TPSA) is 9.23 Å². The van der Waals surface area contributed by atoms with Gasteiger partial charge in [0.25, 0.3) is 0 Å². The molecule has 0 radical (unpaired) electrons. The zero-order valence-electron chi connectivity index (χ0n) is 10.7. The van der Waals surface area contributed by atoms with Crippen molar-refractivity contribution < 1.29 is 26.7 Å². The molecule has 0 aliphatic heterocycles. The number of hydrogen-bond acceptors (Lipinski definition) is 3. The van der Waals surface area contributed by atoms with E-state index in [1.807, 2.05) is 0 Å². The number of hydrogen-bond donors (Lipinski definition) is 0. The predicted molar refractivity (Wildman–Crippen MR) is 77.2 cm³/mol. The summed E-state index contributed by atoms with van der Waals surface area (Å²) in [7, 11) is 0. The van der Waals surface area contributed by atoms with E-state index in [1.165, 1.54) is 0 Å². The Bertz CT molecular complexity index is 677. The molecule has 0 bridgehead atoms. The molecule has 1 nitrogen and oxygen atoms in total. The third kappa shape index (κ3) is 3.56. The third-order valence-electron chi connectivity index (χ3n) is 2.55. The average Bonchev–Trinajstić information content (AvgIpc) is 2.54. The average molecular weight is 350 g/mol. The number of benzene rings is 2. The van der Waals surface area contributed by atoms with Gasteiger partial charge in [0, 0.05) is 5.75 Å². The molecule has 0 saturated carbocycles. The molecular weight excluding hydrogens is 343 g/mol. The van der Waals surface area contributed by atoms with Crippen LogP contribution in [0, 0.1) is 29.1 Å². The first-order chi connectivity index (χ1) is 10.4. The van der Waals surface area contributed by atoms with Crippen molar-refractivity contribution in [3.63, 3.8) is 0 Å². The van der Waals surface area contributed by atoms with Crippen molar-refractivity contribution >= 4 is 28.4 Å². The van der Waals surface area contributed by atoms with Crippen molar-refractivity contribution in [1.29, 1.82) is 0 Å². The Labute approximate surface area is 132 Å². The maximum atomic E-state index is 13.4. The number of halogens is 5. The van der Waals surface area contributed by atoms with E-state index in [9.17, 15) is 22.0 Å². The Morgan fingerprint density at radius 1 is 0.864 bits per heavy atom. The minimum atomic E-state index is -2.25. The van der Waals surface area contributed by atoms with Crippen molar-refractivity contribution in [3.8, 4) is 5.75 Å². The molecule has 0 N–H and O–H groups in total. The lowest BCUT2D eigenvalue weighted by Gasteiger charge is -2.10. The van der Waals surface area contributed by atoms with Crippen LogP contribution in [0.25, 0.3) is 0 Å². The Morgan fingerprint density at radius 3 is 1.91 bits per heavy atom. The van der Waals surface area contributed by atoms with Crippen molar-refractivity contribution in [2.24, 2.45) is 0 Å². The lowest BCUT2D eigenvalue weighted by atomic mass is 10.2. The minimum absolute atomic E-state index is 0.328. The van der Waals surface area contributed by atoms with Gasteiger partial charge < -0.3 is 4.74 Å². The zero-order chi connectivity index (χ0) is 16.3. The summed E-state index contributed by atoms with van der Waals surface area (Å²) in [6.45, 7) is 0. The highest BCUT2D eigenvalue weighted by atomic mass is 32.2. The van der Waals surface area contributed by atoms with Crippen LogP contribution in [0.15, 0.2) is 30.3 Å². The summed E-state index contributed by atoms with van der Waals surface area (Å²) in [6, 6.07) is 8.94. The van der Waals surface area contributed by atoms with Crippen LogP contribution in [0.4, 0.5) is 22.0 Å². The second-order valence-electron chi connectivity index (χ2n) is 4.03. The van der Waals surface area contributed by atoms with E-state index in [-0.39, 0.29) is 4.38 Å². The highest BCUT2D eigenvalue weighted by Crippen LogP contribution is 2.30. The number of ether oxygens (including phenoxy) is 1. The molecule has 0 spiro atoms. The summed E-state index contributed by atoms with van der Waals surface area (Å²) in [6.07, 6.45) is 0. The fourth-order valence-corrected chi connectivity index (χ4v) is 2.38. The summed E-state index contributed by atoms with van der Waals surface area (Å²) < 4.78 is 70.0. The summed E-state index contributed by atoms with van der Waals surface area (Å²) in [4.78, 5) is 0. The van der Waals surface area contributed by atoms with Gasteiger partial charge in [-0.2, -0.15) is 8.78 Å². The SMILES string of the molecule is Fc1c(F)c(F)c(OC(=S)SCc2ccccc2)c(F)c1F. The van der Waals surface area contributed by atoms with Gasteiger partial charge in [0.15, 0.2) is 0 Å². The van der Waals surface area contributed by atoms with Crippen molar-refractivity contribution in [3.05, 3.63) is 65.0 Å². The largest absolute Gasteiger partial charge is 0.433 e. The van der Waals surface area contributed by atoms with Gasteiger partial charge in [-0.25, -0.2) is 13.2 Å². The van der Waals surface area contributed by atoms with E-state index in [4.69, 9.17) is 12.2 Å². The maximum Gasteiger partial charge on any atom is 0.226 e. The Kier molecular flexibility index (Phi) is 5.36. The second-order valence-corrected chi connectivity index (χ2v) is 5.60. The summed E-state index contributed by atoms with van der Waals surface area (Å²) >= 11 is 5.64. The molecule has 0 amide bonds. The van der Waals surface area contributed by atoms with E-state index in [0.29, 0.717) is 5.75 Å². The van der Waals surface area contributed by atoms with E-state index in [1.54, 1.807) is 30.3 Å². The molecule has 8 heteroatoms. The molecule has 2 rings (SSSR count). The minimum Gasteiger partial charge on any atom is -0.433 e. The zero-order valence-corrected chi connectivity index (χ0v) is 12.3. The van der Waals surface area contributed by atoms with Gasteiger partial charge in [-0.1, -0.05) is 42.1 Å². The molecule has 2 aromatic carbocycles. The lowest BCUT2D eigenvalue weighted by Crippen LogP contribution is -2.09. The predicted octanol–water partition coefficient (Wildman–Crippen LogP) is 4.98. The first kappa shape index (κ1) is 16.7. The first-order valence-electron chi connectivity index (χ1n) is 5.81. The van der Waals surface area contributed by atoms with Crippen LogP contribution in [0.1, 0.15) is 5.56 Å². The summed E-state index contributed by atoms with van der Waals surface area (Å²) in [5.41, 5.74) is 0.857. The highest BCUT2D eigenvalue weighted by Gasteiger charge is 2.27. The van der Waals surface area contributed by atoms with Gasteiger partial charge in [0.2, 0.25) is 39.2 Å². The Morgan fingerprint density at radius 2 is 1.36 bits per heavy atom. The maximum absolute atomic E-state index is 13.4. The van der Waals surface area contributed by atoms with Crippen molar-refractivity contribution in [2.75, 3.05) is 0 Å². The molecule has 0 saturated heterocycles. The molecular formula is C14H7F5OS2. The molecule has 0 aliphatic rings. The molecule has 22 heavy (non-hydrogen) atoms. The van der Waals surface area contributed by atoms with Crippen LogP contribution in [-0.4, -0.2) is 4.38 Å². The van der Waals surface area contributed by atoms with Gasteiger partial charge in [-0.3, -0.25) is 0 Å². The van der Waals surface area contributed by atoms with E-state index < -0.39 is 34.8 Å². The number of thioether (sulfide) groups is 1. The molecule has 0 aliphatic carbocycles. The molecule has 0 unspecified atom stereocenters. The van der Waals surface area contributed by atoms with Crippen LogP contribution < -0.4 is 4.74 Å².